The molecule has 0 radical (unpaired) electrons. The minimum absolute atomic E-state index is 0.0131. The molecule has 0 saturated carbocycles. The summed E-state index contributed by atoms with van der Waals surface area (Å²) < 4.78 is 26.4. The van der Waals surface area contributed by atoms with Gasteiger partial charge in [0.2, 0.25) is 21.1 Å². The molecule has 10 heteroatoms. The third-order valence-corrected chi connectivity index (χ3v) is 5.44. The number of aryl methyl sites for hydroxylation is 1. The van der Waals surface area contributed by atoms with Crippen LogP contribution in [0, 0.1) is 0 Å². The fraction of sp³-hybridized carbons (Fsp3) is 0.308. The predicted molar refractivity (Wildman–Crippen MR) is 89.2 cm³/mol. The Morgan fingerprint density at radius 2 is 2.13 bits per heavy atom. The first-order chi connectivity index (χ1) is 10.9. The minimum Gasteiger partial charge on any atom is -0.300 e. The van der Waals surface area contributed by atoms with Crippen molar-refractivity contribution in [1.82, 2.24) is 14.9 Å². The zero-order valence-electron chi connectivity index (χ0n) is 12.2. The van der Waals surface area contributed by atoms with Crippen LogP contribution in [0.5, 0.6) is 0 Å². The van der Waals surface area contributed by atoms with E-state index in [2.05, 4.69) is 20.2 Å². The number of amides is 1. The second-order valence-electron chi connectivity index (χ2n) is 4.51. The highest BCUT2D eigenvalue weighted by molar-refractivity contribution is 7.89. The lowest BCUT2D eigenvalue weighted by Gasteiger charge is -2.06. The van der Waals surface area contributed by atoms with Gasteiger partial charge in [0.25, 0.3) is 0 Å². The highest BCUT2D eigenvalue weighted by Gasteiger charge is 2.15. The van der Waals surface area contributed by atoms with Gasteiger partial charge in [-0.15, -0.1) is 10.2 Å². The van der Waals surface area contributed by atoms with Crippen LogP contribution in [0.25, 0.3) is 0 Å². The average Bonchev–Trinajstić information content (AvgIpc) is 2.94. The third-order valence-electron chi connectivity index (χ3n) is 2.77. The van der Waals surface area contributed by atoms with Crippen LogP contribution in [0.1, 0.15) is 18.4 Å². The number of carbonyl (C=O) groups is 1. The molecule has 23 heavy (non-hydrogen) atoms. The summed E-state index contributed by atoms with van der Waals surface area (Å²) >= 11 is 7.06. The Kier molecular flexibility index (Phi) is 6.05. The number of aromatic nitrogens is 2. The van der Waals surface area contributed by atoms with Crippen molar-refractivity contribution in [2.75, 3.05) is 11.9 Å². The van der Waals surface area contributed by atoms with Crippen LogP contribution in [0.2, 0.25) is 5.02 Å². The summed E-state index contributed by atoms with van der Waals surface area (Å²) in [7, 11) is -3.69. The Hall–Kier alpha value is -1.55. The van der Waals surface area contributed by atoms with Crippen LogP contribution in [-0.4, -0.2) is 31.1 Å². The van der Waals surface area contributed by atoms with Gasteiger partial charge in [0.15, 0.2) is 0 Å². The number of benzene rings is 1. The number of anilines is 1. The van der Waals surface area contributed by atoms with Gasteiger partial charge in [0.1, 0.15) is 5.01 Å². The molecule has 2 aromatic rings. The predicted octanol–water partition coefficient (Wildman–Crippen LogP) is 2.06. The van der Waals surface area contributed by atoms with E-state index in [0.717, 1.165) is 11.4 Å². The quantitative estimate of drug-likeness (QED) is 0.772. The largest absolute Gasteiger partial charge is 0.300 e. The van der Waals surface area contributed by atoms with Gasteiger partial charge in [-0.05, 0) is 24.6 Å². The van der Waals surface area contributed by atoms with E-state index in [1.54, 1.807) is 12.1 Å². The van der Waals surface area contributed by atoms with Crippen molar-refractivity contribution < 1.29 is 13.2 Å². The molecule has 0 aliphatic heterocycles. The van der Waals surface area contributed by atoms with Crippen molar-refractivity contribution >= 4 is 44.0 Å². The summed E-state index contributed by atoms with van der Waals surface area (Å²) in [5.41, 5.74) is 0. The van der Waals surface area contributed by atoms with E-state index in [0.29, 0.717) is 10.2 Å². The minimum atomic E-state index is -3.69. The summed E-state index contributed by atoms with van der Waals surface area (Å²) in [6.07, 6.45) is 0.730. The number of hydrogen-bond donors (Lipinski definition) is 2. The fourth-order valence-electron chi connectivity index (χ4n) is 1.65. The van der Waals surface area contributed by atoms with Crippen molar-refractivity contribution in [2.45, 2.75) is 24.7 Å². The zero-order chi connectivity index (χ0) is 16.9. The van der Waals surface area contributed by atoms with Gasteiger partial charge in [-0.3, -0.25) is 4.79 Å². The molecule has 1 heterocycles. The van der Waals surface area contributed by atoms with Gasteiger partial charge in [-0.25, -0.2) is 13.1 Å². The lowest BCUT2D eigenvalue weighted by molar-refractivity contribution is -0.116. The van der Waals surface area contributed by atoms with Crippen molar-refractivity contribution in [3.8, 4) is 0 Å². The van der Waals surface area contributed by atoms with Crippen molar-refractivity contribution in [3.63, 3.8) is 0 Å². The third kappa shape index (κ3) is 5.24. The number of nitrogens with zero attached hydrogens (tertiary/aromatic N) is 2. The summed E-state index contributed by atoms with van der Waals surface area (Å²) in [4.78, 5) is 11.8. The number of nitrogens with one attached hydrogen (secondary N) is 2. The maximum atomic E-state index is 12.0. The molecule has 2 rings (SSSR count). The molecule has 124 valence electrons. The van der Waals surface area contributed by atoms with E-state index < -0.39 is 10.0 Å². The van der Waals surface area contributed by atoms with Gasteiger partial charge in [-0.1, -0.05) is 35.9 Å². The molecule has 0 bridgehead atoms. The number of carbonyl (C=O) groups excluding carboxylic acids is 1. The second kappa shape index (κ2) is 7.82. The first-order valence-corrected chi connectivity index (χ1v) is 9.46. The number of rotatable bonds is 7. The topological polar surface area (TPSA) is 101 Å². The van der Waals surface area contributed by atoms with E-state index >= 15 is 0 Å². The Bertz CT molecular complexity index is 792. The van der Waals surface area contributed by atoms with Gasteiger partial charge in [0, 0.05) is 18.0 Å². The lowest BCUT2D eigenvalue weighted by atomic mass is 10.4. The molecule has 2 N–H and O–H groups in total. The van der Waals surface area contributed by atoms with E-state index in [1.807, 2.05) is 6.92 Å². The Balaban J connectivity index is 1.85. The van der Waals surface area contributed by atoms with Crippen molar-refractivity contribution in [2.24, 2.45) is 0 Å². The van der Waals surface area contributed by atoms with Crippen LogP contribution >= 0.6 is 22.9 Å². The first-order valence-electron chi connectivity index (χ1n) is 6.78. The van der Waals surface area contributed by atoms with Gasteiger partial charge in [-0.2, -0.15) is 0 Å². The smallest absolute Gasteiger partial charge is 0.240 e. The Labute approximate surface area is 143 Å². The molecule has 1 amide bonds. The molecular formula is C13H15ClN4O3S2. The molecule has 0 fully saturated rings. The second-order valence-corrected chi connectivity index (χ2v) is 7.77. The van der Waals surface area contributed by atoms with Crippen LogP contribution in [-0.2, 0) is 21.2 Å². The van der Waals surface area contributed by atoms with E-state index in [-0.39, 0.29) is 23.8 Å². The molecule has 0 unspecified atom stereocenters. The molecule has 1 aromatic carbocycles. The molecule has 1 aromatic heterocycles. The molecule has 0 aliphatic carbocycles. The standard InChI is InChI=1S/C13H15ClN4O3S2/c1-2-12-17-18-13(22-12)16-11(19)6-7-15-23(20,21)10-5-3-4-9(14)8-10/h3-5,8,15H,2,6-7H2,1H3,(H,16,18,19). The first kappa shape index (κ1) is 17.8. The molecule has 7 nitrogen and oxygen atoms in total. The maximum absolute atomic E-state index is 12.0. The van der Waals surface area contributed by atoms with E-state index in [1.165, 1.54) is 23.5 Å². The van der Waals surface area contributed by atoms with Crippen LogP contribution < -0.4 is 10.0 Å². The highest BCUT2D eigenvalue weighted by atomic mass is 35.5. The monoisotopic (exact) mass is 374 g/mol. The highest BCUT2D eigenvalue weighted by Crippen LogP contribution is 2.16. The molecule has 0 atom stereocenters. The van der Waals surface area contributed by atoms with Gasteiger partial charge < -0.3 is 5.32 Å². The number of halogens is 1. The van der Waals surface area contributed by atoms with Crippen LogP contribution in [0.3, 0.4) is 0 Å². The summed E-state index contributed by atoms with van der Waals surface area (Å²) in [6, 6.07) is 5.91. The summed E-state index contributed by atoms with van der Waals surface area (Å²) in [6.45, 7) is 1.91. The van der Waals surface area contributed by atoms with Crippen molar-refractivity contribution in [1.29, 1.82) is 0 Å². The molecule has 0 saturated heterocycles. The molecule has 0 aliphatic rings. The number of hydrogen-bond acceptors (Lipinski definition) is 6. The summed E-state index contributed by atoms with van der Waals surface area (Å²) in [5.74, 6) is -0.336. The zero-order valence-corrected chi connectivity index (χ0v) is 14.6. The maximum Gasteiger partial charge on any atom is 0.240 e. The Morgan fingerprint density at radius 1 is 1.35 bits per heavy atom. The van der Waals surface area contributed by atoms with E-state index in [4.69, 9.17) is 11.6 Å². The van der Waals surface area contributed by atoms with Crippen molar-refractivity contribution in [3.05, 3.63) is 34.3 Å². The summed E-state index contributed by atoms with van der Waals surface area (Å²) in [5, 5.41) is 11.8. The van der Waals surface area contributed by atoms with E-state index in [9.17, 15) is 13.2 Å². The van der Waals surface area contributed by atoms with Crippen LogP contribution in [0.4, 0.5) is 5.13 Å². The molecule has 0 spiro atoms. The SMILES string of the molecule is CCc1nnc(NC(=O)CCNS(=O)(=O)c2cccc(Cl)c2)s1. The van der Waals surface area contributed by atoms with Gasteiger partial charge in [0.05, 0.1) is 4.90 Å². The van der Waals surface area contributed by atoms with Gasteiger partial charge >= 0.3 is 0 Å². The van der Waals surface area contributed by atoms with Crippen LogP contribution in [0.15, 0.2) is 29.2 Å². The lowest BCUT2D eigenvalue weighted by Crippen LogP contribution is -2.27. The fourth-order valence-corrected chi connectivity index (χ4v) is 3.67. The Morgan fingerprint density at radius 3 is 2.78 bits per heavy atom. The molecular weight excluding hydrogens is 360 g/mol. The number of sulfonamides is 1. The normalized spacial score (nSPS) is 11.4. The average molecular weight is 375 g/mol.